The van der Waals surface area contributed by atoms with Gasteiger partial charge in [0.2, 0.25) is 0 Å². The summed E-state index contributed by atoms with van der Waals surface area (Å²) in [7, 11) is 0. The summed E-state index contributed by atoms with van der Waals surface area (Å²) in [5, 5.41) is 0. The summed E-state index contributed by atoms with van der Waals surface area (Å²) in [5.41, 5.74) is 4.84. The van der Waals surface area contributed by atoms with E-state index in [0.717, 1.165) is 0 Å². The number of hydrogen-bond acceptors (Lipinski definition) is 3. The Kier molecular flexibility index (Phi) is 1.71. The number of rotatable bonds is 1. The van der Waals surface area contributed by atoms with Crippen LogP contribution < -0.4 is 5.73 Å². The summed E-state index contributed by atoms with van der Waals surface area (Å²) in [6, 6.07) is 0. The van der Waals surface area contributed by atoms with Gasteiger partial charge in [0.1, 0.15) is 0 Å². The lowest BCUT2D eigenvalue weighted by molar-refractivity contribution is -0.143. The Hall–Kier alpha value is -1.32. The summed E-state index contributed by atoms with van der Waals surface area (Å²) in [6.45, 7) is 0. The summed E-state index contributed by atoms with van der Waals surface area (Å²) in [6.07, 6.45) is 2.39. The van der Waals surface area contributed by atoms with Crippen molar-refractivity contribution in [1.82, 2.24) is 0 Å². The molecule has 0 aromatic heterocycles. The zero-order valence-electron chi connectivity index (χ0n) is 5.29. The Balaban J connectivity index is 2.69. The lowest BCUT2D eigenvalue weighted by atomic mass is 10.2. The smallest absolute Gasteiger partial charge is 0.311 e. The van der Waals surface area contributed by atoms with Crippen LogP contribution in [-0.4, -0.2) is 11.9 Å². The van der Waals surface area contributed by atoms with Gasteiger partial charge in [-0.25, -0.2) is 0 Å². The number of allylic oxidation sites excluding steroid dienone is 1. The first-order valence-corrected chi connectivity index (χ1v) is 2.91. The molecule has 0 aliphatic carbocycles. The highest BCUT2D eigenvalue weighted by molar-refractivity contribution is 5.93. The highest BCUT2D eigenvalue weighted by Gasteiger charge is 2.15. The fourth-order valence-electron chi connectivity index (χ4n) is 0.687. The molecule has 0 aromatic carbocycles. The second-order valence-corrected chi connectivity index (χ2v) is 1.95. The van der Waals surface area contributed by atoms with Crippen molar-refractivity contribution in [3.8, 4) is 0 Å². The molecule has 10 heavy (non-hydrogen) atoms. The Morgan fingerprint density at radius 2 is 2.40 bits per heavy atom. The average Bonchev–Trinajstić information content (AvgIpc) is 1.88. The summed E-state index contributed by atoms with van der Waals surface area (Å²) in [5.74, 6) is -1.11. The summed E-state index contributed by atoms with van der Waals surface area (Å²) < 4.78 is 4.50. The van der Waals surface area contributed by atoms with Crippen molar-refractivity contribution >= 4 is 11.9 Å². The molecule has 0 atom stereocenters. The zero-order chi connectivity index (χ0) is 7.56. The third kappa shape index (κ3) is 1.34. The highest BCUT2D eigenvalue weighted by Crippen LogP contribution is 2.09. The number of esters is 1. The molecule has 1 heterocycles. The van der Waals surface area contributed by atoms with Crippen molar-refractivity contribution < 1.29 is 14.3 Å². The van der Waals surface area contributed by atoms with E-state index in [1.165, 1.54) is 6.08 Å². The van der Waals surface area contributed by atoms with Crippen molar-refractivity contribution in [3.05, 3.63) is 11.8 Å². The number of cyclic esters (lactones) is 1. The molecule has 0 spiro atoms. The van der Waals surface area contributed by atoms with E-state index in [1.807, 2.05) is 0 Å². The SMILES string of the molecule is NC(=O)C1=CCCC(=O)O1. The number of ether oxygens (including phenoxy) is 1. The van der Waals surface area contributed by atoms with E-state index in [1.54, 1.807) is 0 Å². The molecular weight excluding hydrogens is 134 g/mol. The van der Waals surface area contributed by atoms with E-state index in [2.05, 4.69) is 4.74 Å². The second-order valence-electron chi connectivity index (χ2n) is 1.95. The van der Waals surface area contributed by atoms with Crippen LogP contribution in [0, 0.1) is 0 Å². The van der Waals surface area contributed by atoms with Gasteiger partial charge in [0.15, 0.2) is 5.76 Å². The quantitative estimate of drug-likeness (QED) is 0.509. The van der Waals surface area contributed by atoms with Crippen LogP contribution in [0.2, 0.25) is 0 Å². The molecule has 0 radical (unpaired) electrons. The van der Waals surface area contributed by atoms with Crippen molar-refractivity contribution in [2.45, 2.75) is 12.8 Å². The van der Waals surface area contributed by atoms with E-state index >= 15 is 0 Å². The monoisotopic (exact) mass is 141 g/mol. The van der Waals surface area contributed by atoms with Gasteiger partial charge in [-0.2, -0.15) is 0 Å². The molecule has 1 aliphatic heterocycles. The van der Waals surface area contributed by atoms with Crippen LogP contribution in [0.5, 0.6) is 0 Å². The van der Waals surface area contributed by atoms with E-state index in [-0.39, 0.29) is 5.76 Å². The minimum absolute atomic E-state index is 0.0312. The summed E-state index contributed by atoms with van der Waals surface area (Å²) in [4.78, 5) is 20.9. The van der Waals surface area contributed by atoms with Gasteiger partial charge in [-0.05, 0) is 12.5 Å². The predicted octanol–water partition coefficient (Wildman–Crippen LogP) is -0.307. The predicted molar refractivity (Wildman–Crippen MR) is 32.6 cm³/mol. The zero-order valence-corrected chi connectivity index (χ0v) is 5.29. The maximum Gasteiger partial charge on any atom is 0.311 e. The number of carbonyl (C=O) groups excluding carboxylic acids is 2. The molecule has 0 unspecified atom stereocenters. The van der Waals surface area contributed by atoms with Gasteiger partial charge in [-0.1, -0.05) is 0 Å². The Morgan fingerprint density at radius 1 is 1.70 bits per heavy atom. The third-order valence-electron chi connectivity index (χ3n) is 1.14. The van der Waals surface area contributed by atoms with Crippen LogP contribution >= 0.6 is 0 Å². The van der Waals surface area contributed by atoms with Gasteiger partial charge >= 0.3 is 5.97 Å². The molecule has 0 fully saturated rings. The topological polar surface area (TPSA) is 69.4 Å². The molecule has 0 aromatic rings. The summed E-state index contributed by atoms with van der Waals surface area (Å²) >= 11 is 0. The van der Waals surface area contributed by atoms with Gasteiger partial charge in [0, 0.05) is 6.42 Å². The maximum absolute atomic E-state index is 10.5. The fourth-order valence-corrected chi connectivity index (χ4v) is 0.687. The van der Waals surface area contributed by atoms with Crippen molar-refractivity contribution in [1.29, 1.82) is 0 Å². The standard InChI is InChI=1S/C6H7NO3/c7-6(9)4-2-1-3-5(8)10-4/h2H,1,3H2,(H2,7,9). The minimum Gasteiger partial charge on any atom is -0.421 e. The number of nitrogens with two attached hydrogens (primary N) is 1. The molecule has 0 saturated carbocycles. The van der Waals surface area contributed by atoms with Crippen LogP contribution in [0.15, 0.2) is 11.8 Å². The van der Waals surface area contributed by atoms with Crippen molar-refractivity contribution in [2.75, 3.05) is 0 Å². The number of hydrogen-bond donors (Lipinski definition) is 1. The van der Waals surface area contributed by atoms with E-state index in [9.17, 15) is 9.59 Å². The Morgan fingerprint density at radius 3 is 2.80 bits per heavy atom. The van der Waals surface area contributed by atoms with Crippen molar-refractivity contribution in [3.63, 3.8) is 0 Å². The highest BCUT2D eigenvalue weighted by atomic mass is 16.5. The maximum atomic E-state index is 10.5. The molecule has 0 bridgehead atoms. The number of carbonyl (C=O) groups is 2. The van der Waals surface area contributed by atoms with Crippen LogP contribution in [0.25, 0.3) is 0 Å². The van der Waals surface area contributed by atoms with Gasteiger partial charge in [-0.15, -0.1) is 0 Å². The van der Waals surface area contributed by atoms with Gasteiger partial charge < -0.3 is 10.5 Å². The van der Waals surface area contributed by atoms with Crippen LogP contribution in [0.3, 0.4) is 0 Å². The molecule has 0 saturated heterocycles. The molecule has 1 rings (SSSR count). The van der Waals surface area contributed by atoms with E-state index < -0.39 is 11.9 Å². The van der Waals surface area contributed by atoms with Gasteiger partial charge in [-0.3, -0.25) is 9.59 Å². The van der Waals surface area contributed by atoms with E-state index in [4.69, 9.17) is 5.73 Å². The van der Waals surface area contributed by atoms with E-state index in [0.29, 0.717) is 12.8 Å². The lowest BCUT2D eigenvalue weighted by Gasteiger charge is -2.08. The third-order valence-corrected chi connectivity index (χ3v) is 1.14. The van der Waals surface area contributed by atoms with Crippen molar-refractivity contribution in [2.24, 2.45) is 5.73 Å². The van der Waals surface area contributed by atoms with Gasteiger partial charge in [0.05, 0.1) is 0 Å². The Labute approximate surface area is 57.6 Å². The first-order chi connectivity index (χ1) is 4.70. The lowest BCUT2D eigenvalue weighted by Crippen LogP contribution is -2.21. The molecule has 1 amide bonds. The fraction of sp³-hybridized carbons (Fsp3) is 0.333. The largest absolute Gasteiger partial charge is 0.421 e. The molecule has 1 aliphatic rings. The second kappa shape index (κ2) is 2.51. The van der Waals surface area contributed by atoms with Crippen LogP contribution in [-0.2, 0) is 14.3 Å². The number of amides is 1. The molecule has 2 N–H and O–H groups in total. The normalized spacial score (nSPS) is 17.6. The molecular formula is C6H7NO3. The number of primary amides is 1. The van der Waals surface area contributed by atoms with Crippen LogP contribution in [0.1, 0.15) is 12.8 Å². The van der Waals surface area contributed by atoms with Crippen LogP contribution in [0.4, 0.5) is 0 Å². The minimum atomic E-state index is -0.687. The molecule has 4 heteroatoms. The first-order valence-electron chi connectivity index (χ1n) is 2.91. The molecule has 4 nitrogen and oxygen atoms in total. The molecule has 54 valence electrons. The van der Waals surface area contributed by atoms with Gasteiger partial charge in [0.25, 0.3) is 5.91 Å². The average molecular weight is 141 g/mol. The Bertz CT molecular complexity index is 207. The first kappa shape index (κ1) is 6.80.